The molecular weight excluding hydrogens is 252 g/mol. The summed E-state index contributed by atoms with van der Waals surface area (Å²) in [5, 5.41) is 0. The van der Waals surface area contributed by atoms with Crippen molar-refractivity contribution in [2.24, 2.45) is 0 Å². The van der Waals surface area contributed by atoms with Crippen LogP contribution in [0.3, 0.4) is 0 Å². The number of rotatable bonds is 6. The van der Waals surface area contributed by atoms with Crippen LogP contribution in [0.1, 0.15) is 5.56 Å². The molecule has 1 aromatic rings. The second-order valence-electron chi connectivity index (χ2n) is 5.11. The van der Waals surface area contributed by atoms with Crippen LogP contribution in [-0.2, 0) is 6.42 Å². The van der Waals surface area contributed by atoms with E-state index < -0.39 is 0 Å². The minimum absolute atomic E-state index is 0.788. The van der Waals surface area contributed by atoms with Gasteiger partial charge in [0.05, 0.1) is 14.2 Å². The molecule has 1 aromatic carbocycles. The summed E-state index contributed by atoms with van der Waals surface area (Å²) in [7, 11) is 11.4. The van der Waals surface area contributed by atoms with Crippen LogP contribution in [-0.4, -0.2) is 58.1 Å². The predicted molar refractivity (Wildman–Crippen MR) is 83.2 cm³/mol. The molecule has 4 nitrogen and oxygen atoms in total. The lowest BCUT2D eigenvalue weighted by Gasteiger charge is -2.12. The maximum absolute atomic E-state index is 5.43. The topological polar surface area (TPSA) is 24.7 Å². The number of hydrogen-bond acceptors (Lipinski definition) is 3. The van der Waals surface area contributed by atoms with E-state index in [2.05, 4.69) is 12.4 Å². The van der Waals surface area contributed by atoms with Crippen LogP contribution in [0.5, 0.6) is 11.5 Å². The average Bonchev–Trinajstić information content (AvgIpc) is 2.37. The quantitative estimate of drug-likeness (QED) is 0.587. The fraction of sp³-hybridized carbons (Fsp3) is 0.438. The first-order valence-corrected chi connectivity index (χ1v) is 6.55. The number of methoxy groups -OCH3 is 2. The van der Waals surface area contributed by atoms with Gasteiger partial charge in [-0.2, -0.15) is 0 Å². The number of nitrogens with zero attached hydrogens (tertiary/aromatic N) is 2. The first-order valence-electron chi connectivity index (χ1n) is 6.55. The lowest BCUT2D eigenvalue weighted by atomic mass is 10.0. The summed E-state index contributed by atoms with van der Waals surface area (Å²) in [6.07, 6.45) is 5.01. The van der Waals surface area contributed by atoms with E-state index >= 15 is 0 Å². The molecule has 0 saturated heterocycles. The minimum atomic E-state index is 0.788. The lowest BCUT2D eigenvalue weighted by Crippen LogP contribution is -2.09. The Labute approximate surface area is 121 Å². The van der Waals surface area contributed by atoms with Gasteiger partial charge in [0.15, 0.2) is 6.21 Å². The molecule has 0 heterocycles. The van der Waals surface area contributed by atoms with E-state index in [0.717, 1.165) is 23.5 Å². The third-order valence-corrected chi connectivity index (χ3v) is 2.73. The molecule has 0 radical (unpaired) electrons. The van der Waals surface area contributed by atoms with E-state index in [0.29, 0.717) is 0 Å². The van der Waals surface area contributed by atoms with Crippen molar-refractivity contribution in [2.45, 2.75) is 6.42 Å². The summed E-state index contributed by atoms with van der Waals surface area (Å²) in [6, 6.07) is 5.87. The standard InChI is InChI=1S/C16H25N2O2/c1-17(2)11-13(12-18(3)4)9-14-10-15(19-5)7-8-16(14)20-6/h7-8,10-12H,9H2,1-6H3/q+1. The molecule has 20 heavy (non-hydrogen) atoms. The third kappa shape index (κ3) is 4.96. The predicted octanol–water partition coefficient (Wildman–Crippen LogP) is 2.03. The monoisotopic (exact) mass is 277 g/mol. The van der Waals surface area contributed by atoms with Crippen LogP contribution in [0.15, 0.2) is 30.0 Å². The molecule has 0 spiro atoms. The third-order valence-electron chi connectivity index (χ3n) is 2.73. The van der Waals surface area contributed by atoms with Gasteiger partial charge < -0.3 is 14.4 Å². The first-order chi connectivity index (χ1) is 9.46. The smallest absolute Gasteiger partial charge is 0.167 e. The molecule has 0 aliphatic carbocycles. The summed E-state index contributed by atoms with van der Waals surface area (Å²) >= 11 is 0. The van der Waals surface area contributed by atoms with Crippen molar-refractivity contribution < 1.29 is 14.0 Å². The van der Waals surface area contributed by atoms with Gasteiger partial charge in [0.25, 0.3) is 0 Å². The average molecular weight is 277 g/mol. The molecule has 4 heteroatoms. The maximum Gasteiger partial charge on any atom is 0.167 e. The summed E-state index contributed by atoms with van der Waals surface area (Å²) in [5.41, 5.74) is 2.31. The van der Waals surface area contributed by atoms with Crippen molar-refractivity contribution in [1.82, 2.24) is 4.90 Å². The Morgan fingerprint density at radius 3 is 2.40 bits per heavy atom. The largest absolute Gasteiger partial charge is 0.497 e. The molecule has 0 amide bonds. The minimum Gasteiger partial charge on any atom is -0.497 e. The van der Waals surface area contributed by atoms with Gasteiger partial charge in [-0.15, -0.1) is 0 Å². The zero-order valence-electron chi connectivity index (χ0n) is 13.3. The van der Waals surface area contributed by atoms with Crippen LogP contribution in [0, 0.1) is 0 Å². The van der Waals surface area contributed by atoms with Gasteiger partial charge in [0.1, 0.15) is 25.6 Å². The SMILES string of the molecule is COc1ccc(OC)c(C/C(C=[N+](C)C)=C\N(C)C)c1. The Bertz CT molecular complexity index is 501. The highest BCUT2D eigenvalue weighted by atomic mass is 16.5. The number of ether oxygens (including phenoxy) is 2. The second kappa shape index (κ2) is 7.58. The highest BCUT2D eigenvalue weighted by Crippen LogP contribution is 2.26. The molecule has 0 fully saturated rings. The van der Waals surface area contributed by atoms with Crippen molar-refractivity contribution >= 4 is 6.21 Å². The highest BCUT2D eigenvalue weighted by molar-refractivity contribution is 5.75. The zero-order valence-corrected chi connectivity index (χ0v) is 13.3. The van der Waals surface area contributed by atoms with Crippen LogP contribution in [0.4, 0.5) is 0 Å². The fourth-order valence-corrected chi connectivity index (χ4v) is 2.03. The van der Waals surface area contributed by atoms with Gasteiger partial charge in [-0.05, 0) is 18.2 Å². The van der Waals surface area contributed by atoms with Crippen LogP contribution in [0.2, 0.25) is 0 Å². The molecule has 0 unspecified atom stereocenters. The van der Waals surface area contributed by atoms with Crippen LogP contribution < -0.4 is 9.47 Å². The van der Waals surface area contributed by atoms with Crippen LogP contribution >= 0.6 is 0 Å². The summed E-state index contributed by atoms with van der Waals surface area (Å²) in [5.74, 6) is 1.72. The molecule has 0 atom stereocenters. The van der Waals surface area contributed by atoms with Gasteiger partial charge in [-0.3, -0.25) is 0 Å². The van der Waals surface area contributed by atoms with Gasteiger partial charge >= 0.3 is 0 Å². The zero-order chi connectivity index (χ0) is 15.1. The molecule has 0 aromatic heterocycles. The van der Waals surface area contributed by atoms with E-state index in [1.807, 2.05) is 55.9 Å². The van der Waals surface area contributed by atoms with E-state index in [1.165, 1.54) is 5.57 Å². The molecule has 0 N–H and O–H groups in total. The van der Waals surface area contributed by atoms with Crippen molar-refractivity contribution in [1.29, 1.82) is 0 Å². The molecular formula is C16H25N2O2+. The van der Waals surface area contributed by atoms with Gasteiger partial charge in [0.2, 0.25) is 0 Å². The van der Waals surface area contributed by atoms with Crippen molar-refractivity contribution in [3.8, 4) is 11.5 Å². The Balaban J connectivity index is 3.12. The highest BCUT2D eigenvalue weighted by Gasteiger charge is 2.09. The number of allylic oxidation sites excluding steroid dienone is 1. The Kier molecular flexibility index (Phi) is 6.10. The number of hydrogen-bond donors (Lipinski definition) is 0. The summed E-state index contributed by atoms with van der Waals surface area (Å²) < 4.78 is 12.8. The van der Waals surface area contributed by atoms with Gasteiger partial charge in [-0.1, -0.05) is 0 Å². The van der Waals surface area contributed by atoms with Gasteiger partial charge in [-0.25, -0.2) is 4.58 Å². The molecule has 110 valence electrons. The van der Waals surface area contributed by atoms with Crippen molar-refractivity contribution in [2.75, 3.05) is 42.4 Å². The van der Waals surface area contributed by atoms with E-state index in [-0.39, 0.29) is 0 Å². The number of benzene rings is 1. The summed E-state index contributed by atoms with van der Waals surface area (Å²) in [6.45, 7) is 0. The maximum atomic E-state index is 5.43. The Morgan fingerprint density at radius 1 is 1.20 bits per heavy atom. The fourth-order valence-electron chi connectivity index (χ4n) is 2.03. The molecule has 1 rings (SSSR count). The lowest BCUT2D eigenvalue weighted by molar-refractivity contribution is -0.459. The molecule has 0 saturated carbocycles. The van der Waals surface area contributed by atoms with E-state index in [1.54, 1.807) is 14.2 Å². The first kappa shape index (κ1) is 16.1. The Hall–Kier alpha value is -1.97. The molecule has 0 aliphatic rings. The normalized spacial score (nSPS) is 11.0. The van der Waals surface area contributed by atoms with E-state index in [4.69, 9.17) is 9.47 Å². The van der Waals surface area contributed by atoms with Crippen molar-refractivity contribution in [3.63, 3.8) is 0 Å². The molecule has 0 aliphatic heterocycles. The van der Waals surface area contributed by atoms with Crippen LogP contribution in [0.25, 0.3) is 0 Å². The van der Waals surface area contributed by atoms with Crippen molar-refractivity contribution in [3.05, 3.63) is 35.5 Å². The van der Waals surface area contributed by atoms with Gasteiger partial charge in [0, 0.05) is 37.9 Å². The Morgan fingerprint density at radius 2 is 1.90 bits per heavy atom. The molecule has 0 bridgehead atoms. The van der Waals surface area contributed by atoms with E-state index in [9.17, 15) is 0 Å². The summed E-state index contributed by atoms with van der Waals surface area (Å²) in [4.78, 5) is 2.04. The second-order valence-corrected chi connectivity index (χ2v) is 5.11.